The molecule has 0 aromatic rings. The maximum absolute atomic E-state index is 10.1. The topological polar surface area (TPSA) is 40.5 Å². The van der Waals surface area contributed by atoms with E-state index >= 15 is 0 Å². The first kappa shape index (κ1) is 11.8. The van der Waals surface area contributed by atoms with Crippen LogP contribution in [0.1, 0.15) is 12.8 Å². The summed E-state index contributed by atoms with van der Waals surface area (Å²) >= 11 is 1.82. The first-order chi connectivity index (χ1) is 5.63. The van der Waals surface area contributed by atoms with E-state index in [9.17, 15) is 4.79 Å². The molecule has 0 spiro atoms. The number of carboxylic acid groups (broad SMARTS) is 1. The smallest absolute Gasteiger partial charge is 0.303 e. The lowest BCUT2D eigenvalue weighted by Gasteiger charge is -2.07. The second-order valence-corrected chi connectivity index (χ2v) is 4.14. The number of nitrogens with zero attached hydrogens (tertiary/aromatic N) is 1. The van der Waals surface area contributed by atoms with Gasteiger partial charge < -0.3 is 10.0 Å². The van der Waals surface area contributed by atoms with Gasteiger partial charge in [-0.05, 0) is 26.3 Å². The van der Waals surface area contributed by atoms with Crippen LogP contribution in [0.15, 0.2) is 0 Å². The van der Waals surface area contributed by atoms with E-state index in [-0.39, 0.29) is 0 Å². The highest BCUT2D eigenvalue weighted by Crippen LogP contribution is 2.04. The van der Waals surface area contributed by atoms with Crippen molar-refractivity contribution in [2.75, 3.05) is 32.1 Å². The second kappa shape index (κ2) is 7.43. The third kappa shape index (κ3) is 9.78. The van der Waals surface area contributed by atoms with Crippen molar-refractivity contribution in [2.24, 2.45) is 0 Å². The van der Waals surface area contributed by atoms with Crippen molar-refractivity contribution >= 4 is 17.7 Å². The van der Waals surface area contributed by atoms with Gasteiger partial charge in [-0.15, -0.1) is 0 Å². The lowest BCUT2D eigenvalue weighted by molar-refractivity contribution is -0.137. The molecule has 0 unspecified atom stereocenters. The van der Waals surface area contributed by atoms with Crippen LogP contribution in [0.3, 0.4) is 0 Å². The molecule has 0 aromatic carbocycles. The minimum absolute atomic E-state index is 0.301. The molecule has 0 fully saturated rings. The average molecular weight is 191 g/mol. The summed E-state index contributed by atoms with van der Waals surface area (Å²) in [4.78, 5) is 12.3. The van der Waals surface area contributed by atoms with Crippen molar-refractivity contribution in [1.82, 2.24) is 4.90 Å². The molecule has 12 heavy (non-hydrogen) atoms. The summed E-state index contributed by atoms with van der Waals surface area (Å²) in [5.74, 6) is 1.36. The molecule has 0 atom stereocenters. The Balaban J connectivity index is 2.96. The van der Waals surface area contributed by atoms with Crippen molar-refractivity contribution in [1.29, 1.82) is 0 Å². The molecule has 0 radical (unpaired) electrons. The molecule has 4 heteroatoms. The van der Waals surface area contributed by atoms with Crippen LogP contribution in [-0.2, 0) is 4.79 Å². The molecule has 0 amide bonds. The van der Waals surface area contributed by atoms with Crippen LogP contribution >= 0.6 is 11.8 Å². The summed E-state index contributed by atoms with van der Waals surface area (Å²) in [6.45, 7) is 1.07. The van der Waals surface area contributed by atoms with Gasteiger partial charge in [-0.1, -0.05) is 0 Å². The molecule has 0 saturated heterocycles. The Morgan fingerprint density at radius 2 is 2.08 bits per heavy atom. The van der Waals surface area contributed by atoms with Crippen LogP contribution in [0.25, 0.3) is 0 Å². The standard InChI is InChI=1S/C8H17NO2S/c1-9(2)5-7-12-6-3-4-8(10)11/h3-7H2,1-2H3,(H,10,11). The van der Waals surface area contributed by atoms with Crippen molar-refractivity contribution in [3.05, 3.63) is 0 Å². The van der Waals surface area contributed by atoms with Gasteiger partial charge in [-0.25, -0.2) is 0 Å². The molecule has 0 bridgehead atoms. The molecule has 1 N–H and O–H groups in total. The molecule has 0 saturated carbocycles. The number of carboxylic acids is 1. The zero-order valence-corrected chi connectivity index (χ0v) is 8.56. The maximum atomic E-state index is 10.1. The van der Waals surface area contributed by atoms with Gasteiger partial charge in [-0.2, -0.15) is 11.8 Å². The summed E-state index contributed by atoms with van der Waals surface area (Å²) in [6, 6.07) is 0. The van der Waals surface area contributed by atoms with E-state index in [0.29, 0.717) is 6.42 Å². The molecule has 0 heterocycles. The molecule has 3 nitrogen and oxygen atoms in total. The Morgan fingerprint density at radius 1 is 1.42 bits per heavy atom. The predicted molar refractivity (Wildman–Crippen MR) is 52.7 cm³/mol. The number of aliphatic carboxylic acids is 1. The molecule has 0 rings (SSSR count). The van der Waals surface area contributed by atoms with E-state index in [1.807, 2.05) is 25.9 Å². The monoisotopic (exact) mass is 191 g/mol. The summed E-state index contributed by atoms with van der Waals surface area (Å²) in [7, 11) is 4.08. The summed E-state index contributed by atoms with van der Waals surface area (Å²) in [6.07, 6.45) is 1.09. The Bertz CT molecular complexity index is 128. The van der Waals surface area contributed by atoms with Crippen molar-refractivity contribution in [3.8, 4) is 0 Å². The fourth-order valence-corrected chi connectivity index (χ4v) is 1.72. The van der Waals surface area contributed by atoms with Crippen LogP contribution in [0.2, 0.25) is 0 Å². The van der Waals surface area contributed by atoms with Gasteiger partial charge in [0.15, 0.2) is 0 Å². The van der Waals surface area contributed by atoms with Gasteiger partial charge in [0.25, 0.3) is 0 Å². The first-order valence-electron chi connectivity index (χ1n) is 4.07. The Labute approximate surface area is 78.1 Å². The van der Waals surface area contributed by atoms with Crippen molar-refractivity contribution in [3.63, 3.8) is 0 Å². The van der Waals surface area contributed by atoms with Gasteiger partial charge >= 0.3 is 5.97 Å². The maximum Gasteiger partial charge on any atom is 0.303 e. The van der Waals surface area contributed by atoms with Crippen molar-refractivity contribution in [2.45, 2.75) is 12.8 Å². The average Bonchev–Trinajstić information content (AvgIpc) is 1.95. The molecule has 0 aliphatic rings. The number of thioether (sulfide) groups is 1. The summed E-state index contributed by atoms with van der Waals surface area (Å²) in [5, 5.41) is 8.34. The zero-order chi connectivity index (χ0) is 9.40. The minimum Gasteiger partial charge on any atom is -0.481 e. The number of hydrogen-bond donors (Lipinski definition) is 1. The zero-order valence-electron chi connectivity index (χ0n) is 7.75. The van der Waals surface area contributed by atoms with E-state index in [0.717, 1.165) is 24.5 Å². The number of carbonyl (C=O) groups is 1. The van der Waals surface area contributed by atoms with Gasteiger partial charge in [0.05, 0.1) is 0 Å². The van der Waals surface area contributed by atoms with E-state index < -0.39 is 5.97 Å². The molecule has 0 aliphatic heterocycles. The van der Waals surface area contributed by atoms with Crippen LogP contribution in [0.5, 0.6) is 0 Å². The fourth-order valence-electron chi connectivity index (χ4n) is 0.675. The predicted octanol–water partition coefficient (Wildman–Crippen LogP) is 1.15. The highest BCUT2D eigenvalue weighted by molar-refractivity contribution is 7.99. The molecule has 0 aromatic heterocycles. The van der Waals surface area contributed by atoms with Gasteiger partial charge in [-0.3, -0.25) is 4.79 Å². The van der Waals surface area contributed by atoms with Crippen LogP contribution in [-0.4, -0.2) is 48.1 Å². The summed E-state index contributed by atoms with van der Waals surface area (Å²) < 4.78 is 0. The van der Waals surface area contributed by atoms with Gasteiger partial charge in [0.1, 0.15) is 0 Å². The molecule has 0 aliphatic carbocycles. The van der Waals surface area contributed by atoms with Gasteiger partial charge in [0, 0.05) is 18.7 Å². The number of hydrogen-bond acceptors (Lipinski definition) is 3. The Morgan fingerprint density at radius 3 is 2.58 bits per heavy atom. The third-order valence-electron chi connectivity index (χ3n) is 1.36. The quantitative estimate of drug-likeness (QED) is 0.613. The first-order valence-corrected chi connectivity index (χ1v) is 5.22. The molecular formula is C8H17NO2S. The van der Waals surface area contributed by atoms with Crippen molar-refractivity contribution < 1.29 is 9.90 Å². The number of rotatable bonds is 7. The molecular weight excluding hydrogens is 174 g/mol. The Hall–Kier alpha value is -0.220. The van der Waals surface area contributed by atoms with E-state index in [2.05, 4.69) is 4.90 Å². The lowest BCUT2D eigenvalue weighted by Crippen LogP contribution is -2.15. The second-order valence-electron chi connectivity index (χ2n) is 2.91. The van der Waals surface area contributed by atoms with E-state index in [4.69, 9.17) is 5.11 Å². The van der Waals surface area contributed by atoms with Gasteiger partial charge in [0.2, 0.25) is 0 Å². The van der Waals surface area contributed by atoms with E-state index in [1.165, 1.54) is 0 Å². The fraction of sp³-hybridized carbons (Fsp3) is 0.875. The molecule has 72 valence electrons. The third-order valence-corrected chi connectivity index (χ3v) is 2.41. The lowest BCUT2D eigenvalue weighted by atomic mass is 10.3. The van der Waals surface area contributed by atoms with Crippen LogP contribution < -0.4 is 0 Å². The normalized spacial score (nSPS) is 10.6. The van der Waals surface area contributed by atoms with Crippen LogP contribution in [0, 0.1) is 0 Å². The SMILES string of the molecule is CN(C)CCSCCCC(=O)O. The highest BCUT2D eigenvalue weighted by Gasteiger charge is 1.96. The van der Waals surface area contributed by atoms with E-state index in [1.54, 1.807) is 0 Å². The minimum atomic E-state index is -0.691. The van der Waals surface area contributed by atoms with Crippen LogP contribution in [0.4, 0.5) is 0 Å². The largest absolute Gasteiger partial charge is 0.481 e. The summed E-state index contributed by atoms with van der Waals surface area (Å²) in [5.41, 5.74) is 0. The highest BCUT2D eigenvalue weighted by atomic mass is 32.2. The Kier molecular flexibility index (Phi) is 7.29.